The molecule has 23 heavy (non-hydrogen) atoms. The predicted octanol–water partition coefficient (Wildman–Crippen LogP) is 4.80. The van der Waals surface area contributed by atoms with Crippen molar-refractivity contribution in [2.45, 2.75) is 89.5 Å². The maximum absolute atomic E-state index is 14.5. The molecule has 0 aliphatic heterocycles. The fourth-order valence-electron chi connectivity index (χ4n) is 4.03. The average Bonchev–Trinajstić information content (AvgIpc) is 2.55. The van der Waals surface area contributed by atoms with E-state index in [1.807, 2.05) is 13.8 Å². The molecule has 5 heteroatoms. The summed E-state index contributed by atoms with van der Waals surface area (Å²) < 4.78 is 54.4. The Kier molecular flexibility index (Phi) is 7.67. The van der Waals surface area contributed by atoms with Gasteiger partial charge in [0.15, 0.2) is 6.17 Å². The van der Waals surface area contributed by atoms with Crippen molar-refractivity contribution in [3.05, 3.63) is 0 Å². The summed E-state index contributed by atoms with van der Waals surface area (Å²) >= 11 is 0. The Bertz CT molecular complexity index is 342. The van der Waals surface area contributed by atoms with Crippen molar-refractivity contribution >= 4 is 0 Å². The van der Waals surface area contributed by atoms with Gasteiger partial charge in [-0.05, 0) is 50.4 Å². The van der Waals surface area contributed by atoms with E-state index in [1.54, 1.807) is 0 Å². The van der Waals surface area contributed by atoms with Crippen LogP contribution in [-0.2, 0) is 9.47 Å². The lowest BCUT2D eigenvalue weighted by Gasteiger charge is -2.42. The molecule has 0 saturated heterocycles. The highest BCUT2D eigenvalue weighted by molar-refractivity contribution is 4.95. The van der Waals surface area contributed by atoms with Gasteiger partial charge in [0, 0.05) is 19.6 Å². The van der Waals surface area contributed by atoms with Crippen LogP contribution in [0.1, 0.15) is 58.8 Å². The molecular weight excluding hydrogens is 305 g/mol. The van der Waals surface area contributed by atoms with Crippen LogP contribution in [0.3, 0.4) is 0 Å². The van der Waals surface area contributed by atoms with Gasteiger partial charge < -0.3 is 9.47 Å². The highest BCUT2D eigenvalue weighted by atomic mass is 19.2. The van der Waals surface area contributed by atoms with Gasteiger partial charge in [0.05, 0.1) is 12.2 Å². The second kappa shape index (κ2) is 9.26. The lowest BCUT2D eigenvalue weighted by atomic mass is 9.70. The van der Waals surface area contributed by atoms with E-state index in [4.69, 9.17) is 9.47 Å². The van der Waals surface area contributed by atoms with Crippen molar-refractivity contribution in [2.75, 3.05) is 13.2 Å². The molecule has 2 aliphatic carbocycles. The molecule has 2 nitrogen and oxygen atoms in total. The zero-order valence-corrected chi connectivity index (χ0v) is 14.4. The number of hydrogen-bond donors (Lipinski definition) is 0. The Labute approximate surface area is 138 Å². The minimum atomic E-state index is -1.62. The molecule has 0 heterocycles. The Morgan fingerprint density at radius 2 is 1.43 bits per heavy atom. The third-order valence-corrected chi connectivity index (χ3v) is 5.27. The molecule has 0 bridgehead atoms. The van der Waals surface area contributed by atoms with Crippen molar-refractivity contribution in [2.24, 2.45) is 11.8 Å². The SMILES string of the molecule is CCCOC1CCC(C2CCC(OCCC)C(F)C2F)C(F)C1. The average molecular weight is 336 g/mol. The summed E-state index contributed by atoms with van der Waals surface area (Å²) in [6, 6.07) is 0. The molecule has 0 radical (unpaired) electrons. The molecule has 0 amide bonds. The zero-order valence-electron chi connectivity index (χ0n) is 14.4. The molecule has 0 N–H and O–H groups in total. The van der Waals surface area contributed by atoms with Gasteiger partial charge in [-0.1, -0.05) is 13.8 Å². The first-order chi connectivity index (χ1) is 11.1. The summed E-state index contributed by atoms with van der Waals surface area (Å²) in [5.74, 6) is -0.898. The molecular formula is C18H31F3O2. The van der Waals surface area contributed by atoms with Crippen LogP contribution < -0.4 is 0 Å². The van der Waals surface area contributed by atoms with E-state index >= 15 is 0 Å². The lowest BCUT2D eigenvalue weighted by Crippen LogP contribution is -2.48. The van der Waals surface area contributed by atoms with E-state index in [0.29, 0.717) is 38.9 Å². The van der Waals surface area contributed by atoms with Crippen LogP contribution in [0.4, 0.5) is 13.2 Å². The summed E-state index contributed by atoms with van der Waals surface area (Å²) in [5, 5.41) is 0. The fourth-order valence-corrected chi connectivity index (χ4v) is 4.03. The summed E-state index contributed by atoms with van der Waals surface area (Å²) in [7, 11) is 0. The van der Waals surface area contributed by atoms with Gasteiger partial charge in [0.1, 0.15) is 12.3 Å². The van der Waals surface area contributed by atoms with Gasteiger partial charge in [-0.2, -0.15) is 0 Å². The number of hydrogen-bond acceptors (Lipinski definition) is 2. The molecule has 0 aromatic carbocycles. The van der Waals surface area contributed by atoms with Gasteiger partial charge in [0.25, 0.3) is 0 Å². The molecule has 2 aliphatic rings. The minimum absolute atomic E-state index is 0.0651. The quantitative estimate of drug-likeness (QED) is 0.665. The van der Waals surface area contributed by atoms with E-state index in [0.717, 1.165) is 19.3 Å². The van der Waals surface area contributed by atoms with Crippen molar-refractivity contribution in [1.29, 1.82) is 0 Å². The topological polar surface area (TPSA) is 18.5 Å². The summed E-state index contributed by atoms with van der Waals surface area (Å²) in [4.78, 5) is 0. The van der Waals surface area contributed by atoms with Crippen LogP contribution in [0, 0.1) is 11.8 Å². The van der Waals surface area contributed by atoms with Gasteiger partial charge in [-0.3, -0.25) is 0 Å². The number of halogens is 3. The van der Waals surface area contributed by atoms with Crippen LogP contribution in [-0.4, -0.2) is 43.9 Å². The maximum atomic E-state index is 14.5. The smallest absolute Gasteiger partial charge is 0.157 e. The van der Waals surface area contributed by atoms with Crippen LogP contribution in [0.25, 0.3) is 0 Å². The van der Waals surface area contributed by atoms with E-state index in [-0.39, 0.29) is 12.0 Å². The van der Waals surface area contributed by atoms with Crippen LogP contribution in [0.2, 0.25) is 0 Å². The van der Waals surface area contributed by atoms with E-state index < -0.39 is 30.5 Å². The molecule has 7 atom stereocenters. The van der Waals surface area contributed by atoms with Gasteiger partial charge in [-0.25, -0.2) is 13.2 Å². The normalized spacial score (nSPS) is 41.9. The summed E-state index contributed by atoms with van der Waals surface area (Å²) in [5.41, 5.74) is 0. The summed E-state index contributed by atoms with van der Waals surface area (Å²) in [6.07, 6.45) is -0.680. The first kappa shape index (κ1) is 19.0. The monoisotopic (exact) mass is 336 g/mol. The first-order valence-corrected chi connectivity index (χ1v) is 9.23. The Morgan fingerprint density at radius 3 is 2.09 bits per heavy atom. The molecule has 0 aromatic heterocycles. The second-order valence-corrected chi connectivity index (χ2v) is 7.03. The second-order valence-electron chi connectivity index (χ2n) is 7.03. The highest BCUT2D eigenvalue weighted by Crippen LogP contribution is 2.43. The maximum Gasteiger partial charge on any atom is 0.157 e. The molecule has 7 unspecified atom stereocenters. The third kappa shape index (κ3) is 4.85. The molecule has 136 valence electrons. The standard InChI is InChI=1S/C18H31F3O2/c1-3-9-22-12-5-6-13(15(19)11-12)14-7-8-16(23-10-4-2)18(21)17(14)20/h12-18H,3-11H2,1-2H3. The molecule has 0 aromatic rings. The largest absolute Gasteiger partial charge is 0.378 e. The lowest BCUT2D eigenvalue weighted by molar-refractivity contribution is -0.102. The van der Waals surface area contributed by atoms with Crippen molar-refractivity contribution in [3.8, 4) is 0 Å². The van der Waals surface area contributed by atoms with E-state index in [1.165, 1.54) is 0 Å². The number of rotatable bonds is 7. The fraction of sp³-hybridized carbons (Fsp3) is 1.00. The van der Waals surface area contributed by atoms with Crippen LogP contribution in [0.5, 0.6) is 0 Å². The Morgan fingerprint density at radius 1 is 0.783 bits per heavy atom. The summed E-state index contributed by atoms with van der Waals surface area (Å²) in [6.45, 7) is 5.06. The minimum Gasteiger partial charge on any atom is -0.378 e. The Hall–Kier alpha value is -0.290. The molecule has 2 rings (SSSR count). The number of ether oxygens (including phenoxy) is 2. The highest BCUT2D eigenvalue weighted by Gasteiger charge is 2.47. The molecule has 2 saturated carbocycles. The first-order valence-electron chi connectivity index (χ1n) is 9.23. The van der Waals surface area contributed by atoms with Gasteiger partial charge in [0.2, 0.25) is 0 Å². The molecule has 2 fully saturated rings. The molecule has 0 spiro atoms. The van der Waals surface area contributed by atoms with Crippen LogP contribution in [0.15, 0.2) is 0 Å². The van der Waals surface area contributed by atoms with Gasteiger partial charge >= 0.3 is 0 Å². The third-order valence-electron chi connectivity index (χ3n) is 5.27. The zero-order chi connectivity index (χ0) is 16.8. The van der Waals surface area contributed by atoms with E-state index in [2.05, 4.69) is 0 Å². The van der Waals surface area contributed by atoms with Gasteiger partial charge in [-0.15, -0.1) is 0 Å². The van der Waals surface area contributed by atoms with Crippen molar-refractivity contribution in [1.82, 2.24) is 0 Å². The number of alkyl halides is 3. The Balaban J connectivity index is 1.87. The van der Waals surface area contributed by atoms with Crippen molar-refractivity contribution in [3.63, 3.8) is 0 Å². The van der Waals surface area contributed by atoms with E-state index in [9.17, 15) is 13.2 Å². The predicted molar refractivity (Wildman–Crippen MR) is 84.8 cm³/mol. The van der Waals surface area contributed by atoms with Crippen molar-refractivity contribution < 1.29 is 22.6 Å². The van der Waals surface area contributed by atoms with Crippen LogP contribution >= 0.6 is 0 Å².